The Kier molecular flexibility index (Phi) is 6.03. The normalized spacial score (nSPS) is 12.8. The minimum Gasteiger partial charge on any atom is -0.481 e. The molecule has 1 aromatic rings. The highest BCUT2D eigenvalue weighted by Crippen LogP contribution is 2.08. The fraction of sp³-hybridized carbons (Fsp3) is 0.467. The molecule has 0 fully saturated rings. The number of hydrogen-bond acceptors (Lipinski definition) is 3. The first-order chi connectivity index (χ1) is 9.40. The molecular weight excluding hydrogens is 258 g/mol. The Morgan fingerprint density at radius 2 is 2.05 bits per heavy atom. The molecular formula is C15H21NO4. The van der Waals surface area contributed by atoms with E-state index in [2.05, 4.69) is 0 Å². The summed E-state index contributed by atoms with van der Waals surface area (Å²) in [6, 6.07) is 3.49. The van der Waals surface area contributed by atoms with Crippen LogP contribution in [0.3, 0.4) is 0 Å². The summed E-state index contributed by atoms with van der Waals surface area (Å²) >= 11 is 0. The number of hydrogen-bond donors (Lipinski definition) is 1. The molecule has 0 saturated carbocycles. The molecule has 0 spiro atoms. The van der Waals surface area contributed by atoms with E-state index in [0.29, 0.717) is 12.3 Å². The molecule has 5 heteroatoms. The average molecular weight is 279 g/mol. The van der Waals surface area contributed by atoms with E-state index in [0.717, 1.165) is 0 Å². The first kappa shape index (κ1) is 16.0. The maximum absolute atomic E-state index is 12.1. The molecule has 0 aliphatic rings. The Bertz CT molecular complexity index is 462. The lowest BCUT2D eigenvalue weighted by Gasteiger charge is -2.25. The van der Waals surface area contributed by atoms with E-state index in [-0.39, 0.29) is 18.4 Å². The molecule has 1 aromatic heterocycles. The molecule has 1 unspecified atom stereocenters. The topological polar surface area (TPSA) is 70.8 Å². The summed E-state index contributed by atoms with van der Waals surface area (Å²) in [4.78, 5) is 24.6. The first-order valence-electron chi connectivity index (χ1n) is 6.63. The molecule has 0 aliphatic heterocycles. The molecule has 110 valence electrons. The van der Waals surface area contributed by atoms with Crippen LogP contribution in [0.4, 0.5) is 0 Å². The lowest BCUT2D eigenvalue weighted by Crippen LogP contribution is -2.38. The number of carboxylic acid groups (broad SMARTS) is 1. The van der Waals surface area contributed by atoms with Crippen molar-refractivity contribution in [1.29, 1.82) is 0 Å². The van der Waals surface area contributed by atoms with E-state index >= 15 is 0 Å². The van der Waals surface area contributed by atoms with Gasteiger partial charge in [0, 0.05) is 19.2 Å². The van der Waals surface area contributed by atoms with Crippen LogP contribution < -0.4 is 0 Å². The number of furan rings is 1. The lowest BCUT2D eigenvalue weighted by atomic mass is 10.1. The Balaban J connectivity index is 2.71. The number of amides is 1. The fourth-order valence-electron chi connectivity index (χ4n) is 1.75. The molecule has 1 atom stereocenters. The van der Waals surface area contributed by atoms with Gasteiger partial charge in [0.25, 0.3) is 0 Å². The highest BCUT2D eigenvalue weighted by molar-refractivity contribution is 5.91. The Morgan fingerprint density at radius 1 is 1.35 bits per heavy atom. The van der Waals surface area contributed by atoms with Crippen LogP contribution in [0.25, 0.3) is 6.08 Å². The van der Waals surface area contributed by atoms with Gasteiger partial charge in [0.1, 0.15) is 5.76 Å². The quantitative estimate of drug-likeness (QED) is 0.778. The van der Waals surface area contributed by atoms with E-state index < -0.39 is 11.9 Å². The summed E-state index contributed by atoms with van der Waals surface area (Å²) in [7, 11) is 0. The number of carboxylic acids is 1. The molecule has 0 aromatic carbocycles. The SMILES string of the molecule is CC(C)CN(CC(C)C(=O)O)C(=O)/C=C/c1ccco1. The van der Waals surface area contributed by atoms with Crippen molar-refractivity contribution < 1.29 is 19.1 Å². The van der Waals surface area contributed by atoms with E-state index in [1.54, 1.807) is 30.0 Å². The van der Waals surface area contributed by atoms with Crippen molar-refractivity contribution in [1.82, 2.24) is 4.90 Å². The maximum atomic E-state index is 12.1. The van der Waals surface area contributed by atoms with Crippen molar-refractivity contribution in [2.24, 2.45) is 11.8 Å². The minimum absolute atomic E-state index is 0.203. The number of nitrogens with zero attached hydrogens (tertiary/aromatic N) is 1. The highest BCUT2D eigenvalue weighted by Gasteiger charge is 2.19. The van der Waals surface area contributed by atoms with Crippen LogP contribution in [0.1, 0.15) is 26.5 Å². The van der Waals surface area contributed by atoms with Crippen molar-refractivity contribution in [3.05, 3.63) is 30.2 Å². The molecule has 1 amide bonds. The van der Waals surface area contributed by atoms with Gasteiger partial charge in [0.2, 0.25) is 5.91 Å². The number of aliphatic carboxylic acids is 1. The molecule has 0 bridgehead atoms. The summed E-state index contributed by atoms with van der Waals surface area (Å²) in [5, 5.41) is 8.96. The average Bonchev–Trinajstić information content (AvgIpc) is 2.87. The summed E-state index contributed by atoms with van der Waals surface area (Å²) < 4.78 is 5.11. The monoisotopic (exact) mass is 279 g/mol. The van der Waals surface area contributed by atoms with Crippen LogP contribution in [0.2, 0.25) is 0 Å². The summed E-state index contributed by atoms with van der Waals surface area (Å²) in [5.41, 5.74) is 0. The molecule has 0 saturated heterocycles. The third-order valence-electron chi connectivity index (χ3n) is 2.75. The van der Waals surface area contributed by atoms with Gasteiger partial charge < -0.3 is 14.4 Å². The van der Waals surface area contributed by atoms with Gasteiger partial charge in [-0.15, -0.1) is 0 Å². The van der Waals surface area contributed by atoms with Crippen LogP contribution >= 0.6 is 0 Å². The van der Waals surface area contributed by atoms with Crippen molar-refractivity contribution in [2.75, 3.05) is 13.1 Å². The molecule has 0 aliphatic carbocycles. The van der Waals surface area contributed by atoms with Crippen molar-refractivity contribution in [2.45, 2.75) is 20.8 Å². The second kappa shape index (κ2) is 7.53. The van der Waals surface area contributed by atoms with E-state index in [4.69, 9.17) is 9.52 Å². The minimum atomic E-state index is -0.901. The van der Waals surface area contributed by atoms with E-state index in [1.165, 1.54) is 12.3 Å². The van der Waals surface area contributed by atoms with Crippen LogP contribution in [0.5, 0.6) is 0 Å². The maximum Gasteiger partial charge on any atom is 0.308 e. The van der Waals surface area contributed by atoms with Gasteiger partial charge in [-0.2, -0.15) is 0 Å². The Morgan fingerprint density at radius 3 is 2.55 bits per heavy atom. The van der Waals surface area contributed by atoms with Crippen LogP contribution in [0, 0.1) is 11.8 Å². The standard InChI is InChI=1S/C15H21NO4/c1-11(2)9-16(10-12(3)15(18)19)14(17)7-6-13-5-4-8-20-13/h4-8,11-12H,9-10H2,1-3H3,(H,18,19)/b7-6+. The lowest BCUT2D eigenvalue weighted by molar-refractivity contribution is -0.142. The van der Waals surface area contributed by atoms with Gasteiger partial charge in [-0.1, -0.05) is 20.8 Å². The second-order valence-electron chi connectivity index (χ2n) is 5.23. The molecule has 1 rings (SSSR count). The Labute approximate surface area is 118 Å². The largest absolute Gasteiger partial charge is 0.481 e. The predicted octanol–water partition coefficient (Wildman–Crippen LogP) is 2.50. The van der Waals surface area contributed by atoms with Gasteiger partial charge in [-0.3, -0.25) is 9.59 Å². The zero-order chi connectivity index (χ0) is 15.1. The van der Waals surface area contributed by atoms with Crippen LogP contribution in [-0.2, 0) is 9.59 Å². The fourth-order valence-corrected chi connectivity index (χ4v) is 1.75. The number of carbonyl (C=O) groups is 2. The summed E-state index contributed by atoms with van der Waals surface area (Å²) in [6.07, 6.45) is 4.53. The van der Waals surface area contributed by atoms with Gasteiger partial charge in [0.15, 0.2) is 0 Å². The molecule has 20 heavy (non-hydrogen) atoms. The van der Waals surface area contributed by atoms with Crippen LogP contribution in [0.15, 0.2) is 28.9 Å². The zero-order valence-corrected chi connectivity index (χ0v) is 12.1. The van der Waals surface area contributed by atoms with Crippen molar-refractivity contribution in [3.63, 3.8) is 0 Å². The third-order valence-corrected chi connectivity index (χ3v) is 2.75. The number of carbonyl (C=O) groups excluding carboxylic acids is 1. The van der Waals surface area contributed by atoms with Gasteiger partial charge >= 0.3 is 5.97 Å². The van der Waals surface area contributed by atoms with Crippen molar-refractivity contribution >= 4 is 18.0 Å². The van der Waals surface area contributed by atoms with Gasteiger partial charge in [-0.25, -0.2) is 0 Å². The first-order valence-corrected chi connectivity index (χ1v) is 6.63. The number of rotatable bonds is 7. The predicted molar refractivity (Wildman–Crippen MR) is 76.0 cm³/mol. The molecule has 1 heterocycles. The molecule has 0 radical (unpaired) electrons. The van der Waals surface area contributed by atoms with Gasteiger partial charge in [-0.05, 0) is 24.1 Å². The molecule has 1 N–H and O–H groups in total. The third kappa shape index (κ3) is 5.30. The van der Waals surface area contributed by atoms with Crippen molar-refractivity contribution in [3.8, 4) is 0 Å². The second-order valence-corrected chi connectivity index (χ2v) is 5.23. The summed E-state index contributed by atoms with van der Waals surface area (Å²) in [6.45, 7) is 6.30. The van der Waals surface area contributed by atoms with E-state index in [1.807, 2.05) is 13.8 Å². The zero-order valence-electron chi connectivity index (χ0n) is 12.1. The van der Waals surface area contributed by atoms with E-state index in [9.17, 15) is 9.59 Å². The Hall–Kier alpha value is -2.04. The molecule has 5 nitrogen and oxygen atoms in total. The summed E-state index contributed by atoms with van der Waals surface area (Å²) in [5.74, 6) is -0.828. The van der Waals surface area contributed by atoms with Crippen LogP contribution in [-0.4, -0.2) is 35.0 Å². The smallest absolute Gasteiger partial charge is 0.308 e. The highest BCUT2D eigenvalue weighted by atomic mass is 16.4. The van der Waals surface area contributed by atoms with Gasteiger partial charge in [0.05, 0.1) is 12.2 Å².